The summed E-state index contributed by atoms with van der Waals surface area (Å²) in [6, 6.07) is 24.7. The van der Waals surface area contributed by atoms with E-state index in [4.69, 9.17) is 28.4 Å². The Morgan fingerprint density at radius 1 is 0.217 bits per heavy atom. The fraction of sp³-hybridized carbons (Fsp3) is 0.706. The first-order valence-electron chi connectivity index (χ1n) is 39.4. The Bertz CT molecular complexity index is 2110. The maximum absolute atomic E-state index is 14.4. The summed E-state index contributed by atoms with van der Waals surface area (Å²) in [6.07, 6.45) is 59.8. The summed E-state index contributed by atoms with van der Waals surface area (Å²) in [6.45, 7) is 17.5. The highest BCUT2D eigenvalue weighted by molar-refractivity contribution is 6.09. The first-order chi connectivity index (χ1) is 45.5. The highest BCUT2D eigenvalue weighted by Crippen LogP contribution is 2.44. The molecular weight excluding hydrogens is 1130 g/mol. The fourth-order valence-electron chi connectivity index (χ4n) is 12.5. The minimum atomic E-state index is -0.00921. The van der Waals surface area contributed by atoms with Crippen molar-refractivity contribution < 1.29 is 33.2 Å². The van der Waals surface area contributed by atoms with Crippen LogP contribution < -0.4 is 28.4 Å². The Morgan fingerprint density at radius 2 is 0.391 bits per heavy atom. The number of rotatable bonds is 64. The second kappa shape index (κ2) is 55.6. The van der Waals surface area contributed by atoms with E-state index < -0.39 is 0 Å². The lowest BCUT2D eigenvalue weighted by molar-refractivity contribution is 0.103. The lowest BCUT2D eigenvalue weighted by atomic mass is 9.97. The molecule has 4 aromatic carbocycles. The van der Waals surface area contributed by atoms with E-state index >= 15 is 0 Å². The molecule has 0 aliphatic carbocycles. The van der Waals surface area contributed by atoms with Gasteiger partial charge in [-0.3, -0.25) is 4.79 Å². The summed E-state index contributed by atoms with van der Waals surface area (Å²) in [5.41, 5.74) is 5.30. The first-order valence-corrected chi connectivity index (χ1v) is 39.4. The average molecular weight is 1270 g/mol. The van der Waals surface area contributed by atoms with Crippen molar-refractivity contribution in [1.82, 2.24) is 0 Å². The number of hydrogen-bond acceptors (Lipinski definition) is 7. The lowest BCUT2D eigenvalue weighted by Crippen LogP contribution is -2.07. The SMILES string of the molecule is CCCCCCCCCCOc1cc(-c2ccc(C(=O)c3ccc(-c4cc(OCCCCCCCCCC)c(OCCCCCCCCCC)c(OCCCCCCCCCC)c4)cc3)cc2)cc(OCCCCCCCCCC)c1OCCCCCCCCCC. The molecule has 0 spiro atoms. The van der Waals surface area contributed by atoms with E-state index in [0.717, 1.165) is 134 Å². The van der Waals surface area contributed by atoms with Crippen molar-refractivity contribution in [2.24, 2.45) is 0 Å². The smallest absolute Gasteiger partial charge is 0.203 e. The topological polar surface area (TPSA) is 72.5 Å². The van der Waals surface area contributed by atoms with Crippen LogP contribution in [0, 0.1) is 0 Å². The van der Waals surface area contributed by atoms with Gasteiger partial charge in [-0.1, -0.05) is 360 Å². The summed E-state index contributed by atoms with van der Waals surface area (Å²) in [4.78, 5) is 14.4. The number of ketones is 1. The van der Waals surface area contributed by atoms with Crippen molar-refractivity contribution >= 4 is 5.78 Å². The van der Waals surface area contributed by atoms with Gasteiger partial charge in [0.25, 0.3) is 0 Å². The van der Waals surface area contributed by atoms with Crippen LogP contribution in [0.4, 0.5) is 0 Å². The predicted molar refractivity (Wildman–Crippen MR) is 396 cm³/mol. The number of unbranched alkanes of at least 4 members (excludes halogenated alkanes) is 42. The van der Waals surface area contributed by atoms with Gasteiger partial charge in [-0.05, 0) is 85.0 Å². The molecule has 7 heteroatoms. The second-order valence-electron chi connectivity index (χ2n) is 27.0. The zero-order valence-corrected chi connectivity index (χ0v) is 60.5. The summed E-state index contributed by atoms with van der Waals surface area (Å²) >= 11 is 0. The van der Waals surface area contributed by atoms with Gasteiger partial charge in [0.1, 0.15) is 0 Å². The van der Waals surface area contributed by atoms with Crippen molar-refractivity contribution in [2.45, 2.75) is 350 Å². The number of hydrogen-bond donors (Lipinski definition) is 0. The molecule has 4 aromatic rings. The average Bonchev–Trinajstić information content (AvgIpc) is 0.848. The highest BCUT2D eigenvalue weighted by Gasteiger charge is 2.21. The van der Waals surface area contributed by atoms with Crippen LogP contribution in [-0.2, 0) is 0 Å². The number of benzene rings is 4. The van der Waals surface area contributed by atoms with Crippen molar-refractivity contribution in [2.75, 3.05) is 39.6 Å². The van der Waals surface area contributed by atoms with Gasteiger partial charge in [0.15, 0.2) is 28.8 Å². The molecule has 7 nitrogen and oxygen atoms in total. The molecule has 92 heavy (non-hydrogen) atoms. The van der Waals surface area contributed by atoms with Gasteiger partial charge >= 0.3 is 0 Å². The molecule has 0 radical (unpaired) electrons. The van der Waals surface area contributed by atoms with E-state index in [9.17, 15) is 4.79 Å². The van der Waals surface area contributed by atoms with Crippen LogP contribution >= 0.6 is 0 Å². The quantitative estimate of drug-likeness (QED) is 0.0322. The molecule has 0 bridgehead atoms. The van der Waals surface area contributed by atoms with Crippen LogP contribution in [0.25, 0.3) is 22.3 Å². The van der Waals surface area contributed by atoms with Crippen LogP contribution in [0.2, 0.25) is 0 Å². The van der Waals surface area contributed by atoms with Gasteiger partial charge in [0.2, 0.25) is 11.5 Å². The summed E-state index contributed by atoms with van der Waals surface area (Å²) in [5.74, 6) is 4.46. The molecule has 0 unspecified atom stereocenters. The van der Waals surface area contributed by atoms with Gasteiger partial charge in [0, 0.05) is 11.1 Å². The molecule has 0 saturated heterocycles. The maximum atomic E-state index is 14.4. The third-order valence-electron chi connectivity index (χ3n) is 18.5. The molecule has 520 valence electrons. The zero-order valence-electron chi connectivity index (χ0n) is 60.5. The molecule has 0 heterocycles. The van der Waals surface area contributed by atoms with Crippen molar-refractivity contribution in [3.8, 4) is 56.8 Å². The molecule has 0 fully saturated rings. The maximum Gasteiger partial charge on any atom is 0.203 e. The Hall–Kier alpha value is -4.65. The Balaban J connectivity index is 1.59. The molecule has 0 atom stereocenters. The first kappa shape index (κ1) is 79.8. The van der Waals surface area contributed by atoms with Crippen LogP contribution in [0.3, 0.4) is 0 Å². The zero-order chi connectivity index (χ0) is 65.4. The normalized spacial score (nSPS) is 11.4. The monoisotopic (exact) mass is 1270 g/mol. The molecule has 0 aromatic heterocycles. The standard InChI is InChI=1S/C85H138O7/c1-7-13-19-25-31-37-43-49-63-87-79-69-77(70-80(88-64-50-44-38-32-26-20-14-8-2)84(79)91-67-53-47-41-35-29-23-17-11-5)73-55-59-75(60-56-73)83(86)76-61-57-74(58-62-76)78-71-81(89-65-51-45-39-33-27-21-15-9-3)85(92-68-54-48-42-36-30-24-18-12-6)82(72-78)90-66-52-46-40-34-28-22-16-10-4/h55-62,69-72H,7-54,63-68H2,1-6H3. The summed E-state index contributed by atoms with van der Waals surface area (Å²) in [5, 5.41) is 0. The van der Waals surface area contributed by atoms with E-state index in [1.54, 1.807) is 0 Å². The molecular formula is C85H138O7. The van der Waals surface area contributed by atoms with Crippen LogP contribution in [0.15, 0.2) is 72.8 Å². The van der Waals surface area contributed by atoms with Crippen molar-refractivity contribution in [1.29, 1.82) is 0 Å². The molecule has 0 saturated carbocycles. The molecule has 4 rings (SSSR count). The van der Waals surface area contributed by atoms with E-state index in [1.165, 1.54) is 231 Å². The minimum absolute atomic E-state index is 0.00921. The Morgan fingerprint density at radius 3 is 0.587 bits per heavy atom. The number of carbonyl (C=O) groups excluding carboxylic acids is 1. The van der Waals surface area contributed by atoms with Gasteiger partial charge in [0.05, 0.1) is 39.6 Å². The molecule has 0 N–H and O–H groups in total. The fourth-order valence-corrected chi connectivity index (χ4v) is 12.5. The van der Waals surface area contributed by atoms with Crippen molar-refractivity contribution in [3.63, 3.8) is 0 Å². The summed E-state index contributed by atoms with van der Waals surface area (Å²) < 4.78 is 40.4. The predicted octanol–water partition coefficient (Wildman–Crippen LogP) is 27.4. The van der Waals surface area contributed by atoms with E-state index in [-0.39, 0.29) is 5.78 Å². The Kier molecular flexibility index (Phi) is 48.2. The molecule has 0 aliphatic rings. The third kappa shape index (κ3) is 36.3. The molecule has 0 amide bonds. The summed E-state index contributed by atoms with van der Waals surface area (Å²) in [7, 11) is 0. The highest BCUT2D eigenvalue weighted by atomic mass is 16.5. The van der Waals surface area contributed by atoms with Crippen LogP contribution in [0.1, 0.15) is 366 Å². The third-order valence-corrected chi connectivity index (χ3v) is 18.5. The van der Waals surface area contributed by atoms with E-state index in [2.05, 4.69) is 90.1 Å². The van der Waals surface area contributed by atoms with E-state index in [1.807, 2.05) is 24.3 Å². The second-order valence-corrected chi connectivity index (χ2v) is 27.0. The molecule has 0 aliphatic heterocycles. The minimum Gasteiger partial charge on any atom is -0.490 e. The van der Waals surface area contributed by atoms with E-state index in [0.29, 0.717) is 50.8 Å². The van der Waals surface area contributed by atoms with Crippen molar-refractivity contribution in [3.05, 3.63) is 83.9 Å². The van der Waals surface area contributed by atoms with Crippen LogP contribution in [0.5, 0.6) is 34.5 Å². The van der Waals surface area contributed by atoms with Gasteiger partial charge in [-0.2, -0.15) is 0 Å². The Labute approximate surface area is 566 Å². The largest absolute Gasteiger partial charge is 0.490 e. The number of ether oxygens (including phenoxy) is 6. The lowest BCUT2D eigenvalue weighted by Gasteiger charge is -2.19. The van der Waals surface area contributed by atoms with Gasteiger partial charge in [-0.15, -0.1) is 0 Å². The van der Waals surface area contributed by atoms with Gasteiger partial charge < -0.3 is 28.4 Å². The van der Waals surface area contributed by atoms with Crippen LogP contribution in [-0.4, -0.2) is 45.4 Å². The van der Waals surface area contributed by atoms with Gasteiger partial charge in [-0.25, -0.2) is 0 Å². The number of carbonyl (C=O) groups is 1.